The maximum atomic E-state index is 11.8. The van der Waals surface area contributed by atoms with Crippen LogP contribution in [0.15, 0.2) is 0 Å². The van der Waals surface area contributed by atoms with E-state index < -0.39 is 0 Å². The van der Waals surface area contributed by atoms with E-state index in [0.29, 0.717) is 0 Å². The standard InChI is InChI=1S/C6H12FN/c1-2-8-4-3-6(8)5-7/h6H,2-5H2,1H3. The molecule has 1 nitrogen and oxygen atoms in total. The molecule has 0 aromatic carbocycles. The lowest BCUT2D eigenvalue weighted by Gasteiger charge is -2.38. The van der Waals surface area contributed by atoms with Crippen molar-refractivity contribution in [2.45, 2.75) is 19.4 Å². The van der Waals surface area contributed by atoms with Crippen LogP contribution in [0.3, 0.4) is 0 Å². The molecular weight excluding hydrogens is 105 g/mol. The molecule has 1 saturated heterocycles. The van der Waals surface area contributed by atoms with Crippen molar-refractivity contribution in [2.75, 3.05) is 19.8 Å². The maximum Gasteiger partial charge on any atom is 0.105 e. The maximum absolute atomic E-state index is 11.8. The van der Waals surface area contributed by atoms with E-state index in [2.05, 4.69) is 11.8 Å². The lowest BCUT2D eigenvalue weighted by molar-refractivity contribution is 0.0762. The van der Waals surface area contributed by atoms with Gasteiger partial charge >= 0.3 is 0 Å². The minimum atomic E-state index is -0.159. The molecule has 1 aliphatic heterocycles. The monoisotopic (exact) mass is 117 g/mol. The zero-order valence-electron chi connectivity index (χ0n) is 5.23. The first-order valence-corrected chi connectivity index (χ1v) is 3.18. The fraction of sp³-hybridized carbons (Fsp3) is 1.00. The number of rotatable bonds is 2. The highest BCUT2D eigenvalue weighted by Gasteiger charge is 2.25. The quantitative estimate of drug-likeness (QED) is 0.522. The van der Waals surface area contributed by atoms with Crippen molar-refractivity contribution in [1.29, 1.82) is 0 Å². The Hall–Kier alpha value is -0.110. The summed E-state index contributed by atoms with van der Waals surface area (Å²) in [6, 6.07) is 0.264. The van der Waals surface area contributed by atoms with Gasteiger partial charge in [-0.2, -0.15) is 0 Å². The van der Waals surface area contributed by atoms with Crippen molar-refractivity contribution in [3.8, 4) is 0 Å². The van der Waals surface area contributed by atoms with Crippen LogP contribution in [0, 0.1) is 0 Å². The van der Waals surface area contributed by atoms with Crippen LogP contribution in [0.1, 0.15) is 13.3 Å². The van der Waals surface area contributed by atoms with Crippen LogP contribution >= 0.6 is 0 Å². The van der Waals surface area contributed by atoms with E-state index in [0.717, 1.165) is 19.5 Å². The lowest BCUT2D eigenvalue weighted by atomic mass is 10.1. The molecule has 48 valence electrons. The van der Waals surface area contributed by atoms with Crippen molar-refractivity contribution in [2.24, 2.45) is 0 Å². The Labute approximate surface area is 49.5 Å². The molecule has 0 spiro atoms. The molecule has 0 N–H and O–H groups in total. The minimum Gasteiger partial charge on any atom is -0.298 e. The number of alkyl halides is 1. The second kappa shape index (κ2) is 2.44. The van der Waals surface area contributed by atoms with Gasteiger partial charge in [-0.15, -0.1) is 0 Å². The van der Waals surface area contributed by atoms with Gasteiger partial charge in [0.1, 0.15) is 6.67 Å². The summed E-state index contributed by atoms with van der Waals surface area (Å²) in [6.45, 7) is 4.02. The number of hydrogen-bond acceptors (Lipinski definition) is 1. The van der Waals surface area contributed by atoms with Gasteiger partial charge in [0.05, 0.1) is 0 Å². The van der Waals surface area contributed by atoms with E-state index in [4.69, 9.17) is 0 Å². The Morgan fingerprint density at radius 2 is 2.50 bits per heavy atom. The molecule has 0 bridgehead atoms. The summed E-state index contributed by atoms with van der Waals surface area (Å²) in [5.41, 5.74) is 0. The van der Waals surface area contributed by atoms with E-state index in [1.807, 2.05) is 0 Å². The third-order valence-electron chi connectivity index (χ3n) is 1.85. The van der Waals surface area contributed by atoms with Crippen LogP contribution in [0.5, 0.6) is 0 Å². The van der Waals surface area contributed by atoms with Crippen LogP contribution in [0.25, 0.3) is 0 Å². The highest BCUT2D eigenvalue weighted by molar-refractivity contribution is 4.80. The van der Waals surface area contributed by atoms with Gasteiger partial charge in [-0.05, 0) is 13.0 Å². The summed E-state index contributed by atoms with van der Waals surface area (Å²) in [5.74, 6) is 0. The van der Waals surface area contributed by atoms with Crippen molar-refractivity contribution in [3.05, 3.63) is 0 Å². The summed E-state index contributed by atoms with van der Waals surface area (Å²) < 4.78 is 11.8. The van der Waals surface area contributed by atoms with Crippen LogP contribution in [-0.2, 0) is 0 Å². The van der Waals surface area contributed by atoms with E-state index >= 15 is 0 Å². The zero-order chi connectivity index (χ0) is 5.98. The van der Waals surface area contributed by atoms with Crippen LogP contribution in [0.4, 0.5) is 4.39 Å². The summed E-state index contributed by atoms with van der Waals surface area (Å²) in [7, 11) is 0. The lowest BCUT2D eigenvalue weighted by Crippen LogP contribution is -2.48. The zero-order valence-corrected chi connectivity index (χ0v) is 5.23. The number of nitrogens with zero attached hydrogens (tertiary/aromatic N) is 1. The van der Waals surface area contributed by atoms with Gasteiger partial charge in [0.15, 0.2) is 0 Å². The average Bonchev–Trinajstić information content (AvgIpc) is 1.66. The Balaban J connectivity index is 2.16. The van der Waals surface area contributed by atoms with Crippen molar-refractivity contribution >= 4 is 0 Å². The SMILES string of the molecule is CCN1CCC1CF. The summed E-state index contributed by atoms with van der Waals surface area (Å²) in [5, 5.41) is 0. The molecule has 1 aliphatic rings. The smallest absolute Gasteiger partial charge is 0.105 e. The predicted molar refractivity (Wildman–Crippen MR) is 31.6 cm³/mol. The summed E-state index contributed by atoms with van der Waals surface area (Å²) >= 11 is 0. The fourth-order valence-corrected chi connectivity index (χ4v) is 1.09. The third kappa shape index (κ3) is 0.848. The molecule has 0 aromatic rings. The largest absolute Gasteiger partial charge is 0.298 e. The number of likely N-dealkylation sites (tertiary alicyclic amines) is 1. The normalized spacial score (nSPS) is 30.0. The van der Waals surface area contributed by atoms with Crippen molar-refractivity contribution < 1.29 is 4.39 Å². The molecule has 1 heterocycles. The second-order valence-electron chi connectivity index (χ2n) is 2.23. The molecule has 1 unspecified atom stereocenters. The molecular formula is C6H12FN. The Bertz CT molecular complexity index is 60.9. The summed E-state index contributed by atoms with van der Waals surface area (Å²) in [6.07, 6.45) is 1.06. The molecule has 0 radical (unpaired) electrons. The van der Waals surface area contributed by atoms with Gasteiger partial charge in [-0.25, -0.2) is 4.39 Å². The van der Waals surface area contributed by atoms with Gasteiger partial charge in [0.25, 0.3) is 0 Å². The fourth-order valence-electron chi connectivity index (χ4n) is 1.09. The van der Waals surface area contributed by atoms with Crippen LogP contribution in [-0.4, -0.2) is 30.7 Å². The Morgan fingerprint density at radius 1 is 1.75 bits per heavy atom. The molecule has 1 atom stereocenters. The first kappa shape index (κ1) is 6.02. The van der Waals surface area contributed by atoms with Gasteiger partial charge in [-0.1, -0.05) is 6.92 Å². The highest BCUT2D eigenvalue weighted by atomic mass is 19.1. The molecule has 1 rings (SSSR count). The predicted octanol–water partition coefficient (Wildman–Crippen LogP) is 1.05. The molecule has 0 aromatic heterocycles. The number of halogens is 1. The van der Waals surface area contributed by atoms with Crippen LogP contribution < -0.4 is 0 Å². The minimum absolute atomic E-state index is 0.159. The molecule has 1 fully saturated rings. The van der Waals surface area contributed by atoms with E-state index in [9.17, 15) is 4.39 Å². The highest BCUT2D eigenvalue weighted by Crippen LogP contribution is 2.15. The second-order valence-corrected chi connectivity index (χ2v) is 2.23. The van der Waals surface area contributed by atoms with Gasteiger partial charge in [0.2, 0.25) is 0 Å². The Kier molecular flexibility index (Phi) is 1.84. The first-order valence-electron chi connectivity index (χ1n) is 3.18. The third-order valence-corrected chi connectivity index (χ3v) is 1.85. The molecule has 0 amide bonds. The Morgan fingerprint density at radius 3 is 2.62 bits per heavy atom. The first-order chi connectivity index (χ1) is 3.88. The van der Waals surface area contributed by atoms with Crippen LogP contribution in [0.2, 0.25) is 0 Å². The number of hydrogen-bond donors (Lipinski definition) is 0. The topological polar surface area (TPSA) is 3.24 Å². The van der Waals surface area contributed by atoms with E-state index in [1.54, 1.807) is 0 Å². The van der Waals surface area contributed by atoms with Crippen molar-refractivity contribution in [1.82, 2.24) is 4.90 Å². The molecule has 8 heavy (non-hydrogen) atoms. The van der Waals surface area contributed by atoms with Gasteiger partial charge < -0.3 is 0 Å². The summed E-state index contributed by atoms with van der Waals surface area (Å²) in [4.78, 5) is 2.15. The molecule has 0 saturated carbocycles. The van der Waals surface area contributed by atoms with E-state index in [1.165, 1.54) is 0 Å². The van der Waals surface area contributed by atoms with E-state index in [-0.39, 0.29) is 12.7 Å². The van der Waals surface area contributed by atoms with Gasteiger partial charge in [0, 0.05) is 12.6 Å². The molecule has 2 heteroatoms. The van der Waals surface area contributed by atoms with Gasteiger partial charge in [-0.3, -0.25) is 4.90 Å². The average molecular weight is 117 g/mol. The molecule has 0 aliphatic carbocycles. The van der Waals surface area contributed by atoms with Crippen molar-refractivity contribution in [3.63, 3.8) is 0 Å².